The Bertz CT molecular complexity index is 352. The van der Waals surface area contributed by atoms with Crippen molar-refractivity contribution in [2.24, 2.45) is 5.73 Å². The van der Waals surface area contributed by atoms with Gasteiger partial charge in [0.15, 0.2) is 0 Å². The molecule has 0 heterocycles. The first-order valence-corrected chi connectivity index (χ1v) is 4.60. The second-order valence-corrected chi connectivity index (χ2v) is 3.62. The van der Waals surface area contributed by atoms with Crippen LogP contribution in [0.2, 0.25) is 0 Å². The summed E-state index contributed by atoms with van der Waals surface area (Å²) in [6.45, 7) is 1.75. The van der Waals surface area contributed by atoms with Crippen molar-refractivity contribution in [2.45, 2.75) is 19.1 Å². The summed E-state index contributed by atoms with van der Waals surface area (Å²) in [4.78, 5) is 0. The zero-order chi connectivity index (χ0) is 11.3. The Hall–Kier alpha value is -1.57. The van der Waals surface area contributed by atoms with Crippen molar-refractivity contribution in [2.75, 3.05) is 6.61 Å². The molecule has 0 aliphatic heterocycles. The van der Waals surface area contributed by atoms with Crippen LogP contribution in [0.15, 0.2) is 24.3 Å². The molecular weight excluding hydrogens is 192 g/mol. The van der Waals surface area contributed by atoms with Crippen LogP contribution in [-0.2, 0) is 6.61 Å². The molecule has 4 heteroatoms. The number of aliphatic hydroxyl groups is 1. The van der Waals surface area contributed by atoms with Gasteiger partial charge in [0, 0.05) is 0 Å². The van der Waals surface area contributed by atoms with Crippen LogP contribution in [-0.4, -0.2) is 17.3 Å². The van der Waals surface area contributed by atoms with Gasteiger partial charge in [-0.25, -0.2) is 0 Å². The normalized spacial score (nSPS) is 14.0. The van der Waals surface area contributed by atoms with Crippen molar-refractivity contribution in [3.05, 3.63) is 29.8 Å². The smallest absolute Gasteiger partial charge is 0.135 e. The van der Waals surface area contributed by atoms with Gasteiger partial charge in [0.05, 0.1) is 12.7 Å². The Morgan fingerprint density at radius 3 is 2.53 bits per heavy atom. The molecule has 80 valence electrons. The molecule has 0 aliphatic carbocycles. The summed E-state index contributed by atoms with van der Waals surface area (Å²) in [5.74, 6) is 0.638. The third kappa shape index (κ3) is 3.58. The minimum atomic E-state index is -0.977. The fraction of sp³-hybridized carbons (Fsp3) is 0.364. The molecule has 3 N–H and O–H groups in total. The van der Waals surface area contributed by atoms with Gasteiger partial charge < -0.3 is 15.6 Å². The summed E-state index contributed by atoms with van der Waals surface area (Å²) in [7, 11) is 0. The lowest BCUT2D eigenvalue weighted by molar-refractivity contribution is 0.263. The first-order chi connectivity index (χ1) is 7.07. The van der Waals surface area contributed by atoms with E-state index < -0.39 is 5.54 Å². The maximum absolute atomic E-state index is 8.82. The topological polar surface area (TPSA) is 79.3 Å². The van der Waals surface area contributed by atoms with Crippen LogP contribution in [0.25, 0.3) is 0 Å². The molecule has 0 amide bonds. The first kappa shape index (κ1) is 11.5. The summed E-state index contributed by atoms with van der Waals surface area (Å²) in [5, 5.41) is 17.5. The van der Waals surface area contributed by atoms with E-state index in [1.54, 1.807) is 31.2 Å². The molecule has 1 aromatic rings. The van der Waals surface area contributed by atoms with Crippen LogP contribution >= 0.6 is 0 Å². The van der Waals surface area contributed by atoms with Crippen LogP contribution in [0, 0.1) is 11.3 Å². The zero-order valence-corrected chi connectivity index (χ0v) is 8.60. The quantitative estimate of drug-likeness (QED) is 0.763. The minimum absolute atomic E-state index is 0.00702. The van der Waals surface area contributed by atoms with Crippen molar-refractivity contribution >= 4 is 0 Å². The molecule has 0 aliphatic rings. The average Bonchev–Trinajstić information content (AvgIpc) is 2.27. The number of hydrogen-bond donors (Lipinski definition) is 2. The second-order valence-electron chi connectivity index (χ2n) is 3.62. The average molecular weight is 206 g/mol. The van der Waals surface area contributed by atoms with Crippen molar-refractivity contribution in [1.29, 1.82) is 5.26 Å². The van der Waals surface area contributed by atoms with E-state index in [4.69, 9.17) is 20.8 Å². The second kappa shape index (κ2) is 4.78. The molecule has 1 atom stereocenters. The molecule has 0 radical (unpaired) electrons. The number of benzene rings is 1. The van der Waals surface area contributed by atoms with Crippen LogP contribution in [0.1, 0.15) is 12.5 Å². The van der Waals surface area contributed by atoms with Crippen molar-refractivity contribution in [1.82, 2.24) is 0 Å². The standard InChI is InChI=1S/C11H14N2O2/c1-11(13,7-12)8-15-10-4-2-9(6-14)3-5-10/h2-5,14H,6,8,13H2,1H3. The van der Waals surface area contributed by atoms with Gasteiger partial charge in [-0.1, -0.05) is 12.1 Å². The van der Waals surface area contributed by atoms with Gasteiger partial charge in [-0.05, 0) is 24.6 Å². The molecular formula is C11H14N2O2. The lowest BCUT2D eigenvalue weighted by Gasteiger charge is -2.16. The third-order valence-corrected chi connectivity index (χ3v) is 1.90. The Kier molecular flexibility index (Phi) is 3.67. The summed E-state index contributed by atoms with van der Waals surface area (Å²) in [6.07, 6.45) is 0. The maximum atomic E-state index is 8.82. The molecule has 1 rings (SSSR count). The van der Waals surface area contributed by atoms with Crippen LogP contribution in [0.3, 0.4) is 0 Å². The molecule has 4 nitrogen and oxygen atoms in total. The highest BCUT2D eigenvalue weighted by Gasteiger charge is 2.17. The number of rotatable bonds is 4. The largest absolute Gasteiger partial charge is 0.491 e. The summed E-state index contributed by atoms with van der Waals surface area (Å²) < 4.78 is 5.33. The minimum Gasteiger partial charge on any atom is -0.491 e. The van der Waals surface area contributed by atoms with Crippen LogP contribution < -0.4 is 10.5 Å². The van der Waals surface area contributed by atoms with Gasteiger partial charge in [-0.3, -0.25) is 0 Å². The van der Waals surface area contributed by atoms with Crippen LogP contribution in [0.5, 0.6) is 5.75 Å². The van der Waals surface area contributed by atoms with Gasteiger partial charge >= 0.3 is 0 Å². The zero-order valence-electron chi connectivity index (χ0n) is 8.60. The van der Waals surface area contributed by atoms with Gasteiger partial charge in [0.1, 0.15) is 17.9 Å². The number of nitrogens with two attached hydrogens (primary N) is 1. The van der Waals surface area contributed by atoms with E-state index in [-0.39, 0.29) is 13.2 Å². The monoisotopic (exact) mass is 206 g/mol. The molecule has 0 fully saturated rings. The molecule has 1 unspecified atom stereocenters. The van der Waals surface area contributed by atoms with Crippen LogP contribution in [0.4, 0.5) is 0 Å². The van der Waals surface area contributed by atoms with Gasteiger partial charge in [0.25, 0.3) is 0 Å². The summed E-state index contributed by atoms with van der Waals surface area (Å²) >= 11 is 0. The predicted molar refractivity (Wildman–Crippen MR) is 56.1 cm³/mol. The molecule has 0 spiro atoms. The highest BCUT2D eigenvalue weighted by Crippen LogP contribution is 2.13. The fourth-order valence-electron chi connectivity index (χ4n) is 0.957. The number of nitrogens with zero attached hydrogens (tertiary/aromatic N) is 1. The van der Waals surface area contributed by atoms with Gasteiger partial charge in [-0.15, -0.1) is 0 Å². The number of ether oxygens (including phenoxy) is 1. The molecule has 1 aromatic carbocycles. The summed E-state index contributed by atoms with van der Waals surface area (Å²) in [5.41, 5.74) is 5.44. The highest BCUT2D eigenvalue weighted by atomic mass is 16.5. The highest BCUT2D eigenvalue weighted by molar-refractivity contribution is 5.27. The Morgan fingerprint density at radius 1 is 1.47 bits per heavy atom. The van der Waals surface area contributed by atoms with Gasteiger partial charge in [0.2, 0.25) is 0 Å². The van der Waals surface area contributed by atoms with E-state index in [1.807, 2.05) is 6.07 Å². The first-order valence-electron chi connectivity index (χ1n) is 4.60. The van der Waals surface area contributed by atoms with Crippen molar-refractivity contribution in [3.8, 4) is 11.8 Å². The molecule has 15 heavy (non-hydrogen) atoms. The number of aliphatic hydroxyl groups excluding tert-OH is 1. The SMILES string of the molecule is CC(N)(C#N)COc1ccc(CO)cc1. The van der Waals surface area contributed by atoms with E-state index in [0.717, 1.165) is 5.56 Å². The van der Waals surface area contributed by atoms with Crippen molar-refractivity contribution in [3.63, 3.8) is 0 Å². The molecule has 0 aromatic heterocycles. The Labute approximate surface area is 88.9 Å². The summed E-state index contributed by atoms with van der Waals surface area (Å²) in [6, 6.07) is 8.94. The van der Waals surface area contributed by atoms with Gasteiger partial charge in [-0.2, -0.15) is 5.26 Å². The molecule has 0 bridgehead atoms. The van der Waals surface area contributed by atoms with E-state index in [2.05, 4.69) is 0 Å². The predicted octanol–water partition coefficient (Wildman–Crippen LogP) is 0.799. The number of nitriles is 1. The molecule has 0 saturated heterocycles. The lowest BCUT2D eigenvalue weighted by atomic mass is 10.1. The Balaban J connectivity index is 2.56. The lowest BCUT2D eigenvalue weighted by Crippen LogP contribution is -2.40. The number of hydrogen-bond acceptors (Lipinski definition) is 4. The fourth-order valence-corrected chi connectivity index (χ4v) is 0.957. The van der Waals surface area contributed by atoms with E-state index in [1.165, 1.54) is 0 Å². The van der Waals surface area contributed by atoms with Crippen molar-refractivity contribution < 1.29 is 9.84 Å². The third-order valence-electron chi connectivity index (χ3n) is 1.90. The molecule has 0 saturated carbocycles. The van der Waals surface area contributed by atoms with E-state index in [9.17, 15) is 0 Å². The van der Waals surface area contributed by atoms with E-state index in [0.29, 0.717) is 5.75 Å². The van der Waals surface area contributed by atoms with E-state index >= 15 is 0 Å². The Morgan fingerprint density at radius 2 is 2.07 bits per heavy atom. The maximum Gasteiger partial charge on any atom is 0.135 e.